The third-order valence-corrected chi connectivity index (χ3v) is 5.56. The van der Waals surface area contributed by atoms with Crippen LogP contribution < -0.4 is 19.1 Å². The number of hydrogen-bond acceptors (Lipinski definition) is 5. The summed E-state index contributed by atoms with van der Waals surface area (Å²) in [6.45, 7) is 0.0780. The fourth-order valence-corrected chi connectivity index (χ4v) is 3.72. The highest BCUT2D eigenvalue weighted by atomic mass is 32.2. The van der Waals surface area contributed by atoms with E-state index in [0.717, 1.165) is 16.1 Å². The number of methoxy groups -OCH3 is 1. The van der Waals surface area contributed by atoms with Gasteiger partial charge in [0.1, 0.15) is 24.7 Å². The summed E-state index contributed by atoms with van der Waals surface area (Å²) >= 11 is 0. The van der Waals surface area contributed by atoms with E-state index in [1.165, 1.54) is 7.11 Å². The van der Waals surface area contributed by atoms with Crippen LogP contribution in [-0.4, -0.2) is 34.2 Å². The lowest BCUT2D eigenvalue weighted by molar-refractivity contribution is -0.114. The minimum atomic E-state index is -3.67. The van der Waals surface area contributed by atoms with Crippen molar-refractivity contribution in [2.24, 2.45) is 0 Å². The van der Waals surface area contributed by atoms with Gasteiger partial charge in [0, 0.05) is 11.8 Å². The molecule has 0 radical (unpaired) electrons. The highest BCUT2D eigenvalue weighted by Crippen LogP contribution is 2.23. The summed E-state index contributed by atoms with van der Waals surface area (Å²) in [5.41, 5.74) is 1.94. The Kier molecular flexibility index (Phi) is 7.15. The Morgan fingerprint density at radius 1 is 0.935 bits per heavy atom. The van der Waals surface area contributed by atoms with E-state index in [1.54, 1.807) is 48.5 Å². The average Bonchev–Trinajstić information content (AvgIpc) is 2.77. The number of ether oxygens (including phenoxy) is 2. The molecule has 31 heavy (non-hydrogen) atoms. The van der Waals surface area contributed by atoms with Gasteiger partial charge in [-0.2, -0.15) is 0 Å². The number of nitrogens with one attached hydrogen (secondary N) is 1. The number of nitrogens with zero attached hydrogens (tertiary/aromatic N) is 1. The summed E-state index contributed by atoms with van der Waals surface area (Å²) in [5, 5.41) is 2.71. The van der Waals surface area contributed by atoms with E-state index >= 15 is 0 Å². The van der Waals surface area contributed by atoms with Crippen molar-refractivity contribution >= 4 is 27.3 Å². The first-order valence-electron chi connectivity index (χ1n) is 9.53. The Labute approximate surface area is 182 Å². The first-order valence-corrected chi connectivity index (χ1v) is 11.4. The van der Waals surface area contributed by atoms with E-state index in [4.69, 9.17) is 9.47 Å². The summed E-state index contributed by atoms with van der Waals surface area (Å²) in [5.74, 6) is 0.694. The Morgan fingerprint density at radius 2 is 1.65 bits per heavy atom. The molecular weight excluding hydrogens is 416 g/mol. The standard InChI is InChI=1S/C23H24N2O5S/c1-29-22-10-6-9-20(15-22)25(31(2,27)28)16-23(26)24-19-11-13-21(14-12-19)30-17-18-7-4-3-5-8-18/h3-15H,16-17H2,1-2H3,(H,24,26). The maximum Gasteiger partial charge on any atom is 0.245 e. The molecule has 0 aliphatic heterocycles. The van der Waals surface area contributed by atoms with Gasteiger partial charge in [0.15, 0.2) is 0 Å². The Morgan fingerprint density at radius 3 is 2.29 bits per heavy atom. The number of rotatable bonds is 9. The van der Waals surface area contributed by atoms with Crippen molar-refractivity contribution in [1.82, 2.24) is 0 Å². The van der Waals surface area contributed by atoms with Crippen LogP contribution >= 0.6 is 0 Å². The molecule has 0 bridgehead atoms. The maximum atomic E-state index is 12.5. The first kappa shape index (κ1) is 22.2. The van der Waals surface area contributed by atoms with Gasteiger partial charge in [-0.3, -0.25) is 9.10 Å². The number of sulfonamides is 1. The van der Waals surface area contributed by atoms with Gasteiger partial charge in [-0.25, -0.2) is 8.42 Å². The molecule has 3 aromatic rings. The monoisotopic (exact) mass is 440 g/mol. The van der Waals surface area contributed by atoms with Gasteiger partial charge in [0.2, 0.25) is 15.9 Å². The summed E-state index contributed by atoms with van der Waals surface area (Å²) in [7, 11) is -2.18. The molecule has 1 amide bonds. The van der Waals surface area contributed by atoms with E-state index in [0.29, 0.717) is 29.5 Å². The van der Waals surface area contributed by atoms with Crippen molar-refractivity contribution in [3.05, 3.63) is 84.4 Å². The first-order chi connectivity index (χ1) is 14.8. The van der Waals surface area contributed by atoms with E-state index in [9.17, 15) is 13.2 Å². The van der Waals surface area contributed by atoms with Gasteiger partial charge in [0.25, 0.3) is 0 Å². The Hall–Kier alpha value is -3.52. The van der Waals surface area contributed by atoms with E-state index < -0.39 is 15.9 Å². The van der Waals surface area contributed by atoms with Gasteiger partial charge >= 0.3 is 0 Å². The van der Waals surface area contributed by atoms with Crippen LogP contribution in [0.3, 0.4) is 0 Å². The zero-order valence-electron chi connectivity index (χ0n) is 17.3. The predicted molar refractivity (Wildman–Crippen MR) is 121 cm³/mol. The second-order valence-corrected chi connectivity index (χ2v) is 8.72. The van der Waals surface area contributed by atoms with Crippen molar-refractivity contribution in [3.8, 4) is 11.5 Å². The molecule has 0 fully saturated rings. The van der Waals surface area contributed by atoms with Gasteiger partial charge in [0.05, 0.1) is 19.1 Å². The second kappa shape index (κ2) is 9.99. The van der Waals surface area contributed by atoms with E-state index in [2.05, 4.69) is 5.32 Å². The minimum absolute atomic E-state index is 0.349. The van der Waals surface area contributed by atoms with Crippen molar-refractivity contribution in [2.45, 2.75) is 6.61 Å². The fraction of sp³-hybridized carbons (Fsp3) is 0.174. The second-order valence-electron chi connectivity index (χ2n) is 6.82. The highest BCUT2D eigenvalue weighted by Gasteiger charge is 2.21. The molecule has 0 aliphatic rings. The van der Waals surface area contributed by atoms with Crippen LogP contribution in [0.1, 0.15) is 5.56 Å². The van der Waals surface area contributed by atoms with Crippen molar-refractivity contribution < 1.29 is 22.7 Å². The van der Waals surface area contributed by atoms with Crippen LogP contribution in [0.15, 0.2) is 78.9 Å². The summed E-state index contributed by atoms with van der Waals surface area (Å²) in [4.78, 5) is 12.5. The van der Waals surface area contributed by atoms with Crippen LogP contribution in [-0.2, 0) is 21.4 Å². The van der Waals surface area contributed by atoms with Crippen LogP contribution in [0.5, 0.6) is 11.5 Å². The molecule has 0 saturated heterocycles. The molecule has 0 saturated carbocycles. The van der Waals surface area contributed by atoms with Gasteiger partial charge in [-0.15, -0.1) is 0 Å². The Bertz CT molecular complexity index is 1120. The molecule has 3 aromatic carbocycles. The molecule has 0 unspecified atom stereocenters. The maximum absolute atomic E-state index is 12.5. The number of carbonyl (C=O) groups is 1. The average molecular weight is 441 g/mol. The largest absolute Gasteiger partial charge is 0.497 e. The van der Waals surface area contributed by atoms with E-state index in [-0.39, 0.29) is 6.54 Å². The fourth-order valence-electron chi connectivity index (χ4n) is 2.87. The molecule has 162 valence electrons. The summed E-state index contributed by atoms with van der Waals surface area (Å²) in [6.07, 6.45) is 1.05. The lowest BCUT2D eigenvalue weighted by Gasteiger charge is -2.22. The molecule has 0 atom stereocenters. The van der Waals surface area contributed by atoms with Crippen LogP contribution in [0.2, 0.25) is 0 Å². The van der Waals surface area contributed by atoms with Gasteiger partial charge in [-0.1, -0.05) is 36.4 Å². The molecule has 0 heterocycles. The lowest BCUT2D eigenvalue weighted by Crippen LogP contribution is -2.37. The van der Waals surface area contributed by atoms with Crippen molar-refractivity contribution in [2.75, 3.05) is 29.5 Å². The summed E-state index contributed by atoms with van der Waals surface area (Å²) < 4.78 is 36.4. The number of hydrogen-bond donors (Lipinski definition) is 1. The van der Waals surface area contributed by atoms with Gasteiger partial charge in [-0.05, 0) is 42.0 Å². The smallest absolute Gasteiger partial charge is 0.245 e. The molecule has 0 aromatic heterocycles. The zero-order valence-corrected chi connectivity index (χ0v) is 18.1. The van der Waals surface area contributed by atoms with Crippen LogP contribution in [0.25, 0.3) is 0 Å². The summed E-state index contributed by atoms with van der Waals surface area (Å²) in [6, 6.07) is 23.2. The van der Waals surface area contributed by atoms with Gasteiger partial charge < -0.3 is 14.8 Å². The van der Waals surface area contributed by atoms with Crippen LogP contribution in [0.4, 0.5) is 11.4 Å². The molecule has 0 aliphatic carbocycles. The third kappa shape index (κ3) is 6.48. The number of amides is 1. The molecule has 0 spiro atoms. The minimum Gasteiger partial charge on any atom is -0.497 e. The highest BCUT2D eigenvalue weighted by molar-refractivity contribution is 7.92. The van der Waals surface area contributed by atoms with E-state index in [1.807, 2.05) is 30.3 Å². The lowest BCUT2D eigenvalue weighted by atomic mass is 10.2. The molecule has 8 heteroatoms. The molecule has 7 nitrogen and oxygen atoms in total. The van der Waals surface area contributed by atoms with Crippen molar-refractivity contribution in [3.63, 3.8) is 0 Å². The number of benzene rings is 3. The quantitative estimate of drug-likeness (QED) is 0.549. The number of anilines is 2. The normalized spacial score (nSPS) is 10.9. The molecular formula is C23H24N2O5S. The van der Waals surface area contributed by atoms with Crippen LogP contribution in [0, 0.1) is 0 Å². The number of carbonyl (C=O) groups excluding carboxylic acids is 1. The predicted octanol–water partition coefficient (Wildman–Crippen LogP) is 3.68. The topological polar surface area (TPSA) is 84.9 Å². The van der Waals surface area contributed by atoms with Crippen molar-refractivity contribution in [1.29, 1.82) is 0 Å². The SMILES string of the molecule is COc1cccc(N(CC(=O)Nc2ccc(OCc3ccccc3)cc2)S(C)(=O)=O)c1. The molecule has 3 rings (SSSR count). The molecule has 1 N–H and O–H groups in total. The Balaban J connectivity index is 1.62. The third-order valence-electron chi connectivity index (χ3n) is 4.42. The zero-order chi connectivity index (χ0) is 22.3.